The Morgan fingerprint density at radius 2 is 2.08 bits per heavy atom. The van der Waals surface area contributed by atoms with Crippen molar-refractivity contribution in [1.82, 2.24) is 4.90 Å². The smallest absolute Gasteiger partial charge is 0.410 e. The van der Waals surface area contributed by atoms with Gasteiger partial charge in [-0.25, -0.2) is 4.79 Å². The standard InChI is InChI=1S/C18H26N4O3/c1-17(2,3)25-16(23)22-11-7-10-15(12-22)18(24,13-20-21-19)14-8-5-4-6-9-14/h4-6,8-9,15,24H,7,10-13H2,1-3H3/t15-,18-/m1/s1. The Morgan fingerprint density at radius 3 is 2.68 bits per heavy atom. The molecule has 1 fully saturated rings. The summed E-state index contributed by atoms with van der Waals surface area (Å²) in [6.45, 7) is 6.37. The number of amides is 1. The Hall–Kier alpha value is -2.24. The minimum absolute atomic E-state index is 0.0691. The molecule has 0 saturated carbocycles. The van der Waals surface area contributed by atoms with Crippen molar-refractivity contribution >= 4 is 6.09 Å². The molecule has 2 atom stereocenters. The number of piperidine rings is 1. The molecule has 7 heteroatoms. The predicted molar refractivity (Wildman–Crippen MR) is 94.9 cm³/mol. The van der Waals surface area contributed by atoms with Crippen LogP contribution >= 0.6 is 0 Å². The van der Waals surface area contributed by atoms with Crippen LogP contribution in [-0.2, 0) is 10.3 Å². The Kier molecular flexibility index (Phi) is 5.93. The maximum absolute atomic E-state index is 12.4. The van der Waals surface area contributed by atoms with Gasteiger partial charge in [0.25, 0.3) is 0 Å². The van der Waals surface area contributed by atoms with Gasteiger partial charge in [-0.2, -0.15) is 0 Å². The third-order valence-electron chi connectivity index (χ3n) is 4.40. The lowest BCUT2D eigenvalue weighted by molar-refractivity contribution is -0.0501. The highest BCUT2D eigenvalue weighted by molar-refractivity contribution is 5.68. The number of carbonyl (C=O) groups excluding carboxylic acids is 1. The van der Waals surface area contributed by atoms with Crippen molar-refractivity contribution in [3.63, 3.8) is 0 Å². The van der Waals surface area contributed by atoms with Gasteiger partial charge in [-0.15, -0.1) is 0 Å². The maximum atomic E-state index is 12.4. The molecule has 1 aromatic rings. The number of hydrogen-bond acceptors (Lipinski definition) is 4. The zero-order valence-corrected chi connectivity index (χ0v) is 15.1. The van der Waals surface area contributed by atoms with E-state index in [4.69, 9.17) is 10.3 Å². The quantitative estimate of drug-likeness (QED) is 0.509. The fourth-order valence-electron chi connectivity index (χ4n) is 3.18. The summed E-state index contributed by atoms with van der Waals surface area (Å²) >= 11 is 0. The Labute approximate surface area is 148 Å². The van der Waals surface area contributed by atoms with E-state index in [1.165, 1.54) is 0 Å². The van der Waals surface area contributed by atoms with Crippen LogP contribution in [0.3, 0.4) is 0 Å². The summed E-state index contributed by atoms with van der Waals surface area (Å²) in [6.07, 6.45) is 1.12. The van der Waals surface area contributed by atoms with Crippen LogP contribution in [0.1, 0.15) is 39.2 Å². The number of carbonyl (C=O) groups is 1. The molecule has 25 heavy (non-hydrogen) atoms. The highest BCUT2D eigenvalue weighted by atomic mass is 16.6. The first-order valence-corrected chi connectivity index (χ1v) is 8.53. The van der Waals surface area contributed by atoms with E-state index in [1.54, 1.807) is 4.90 Å². The second-order valence-corrected chi connectivity index (χ2v) is 7.44. The monoisotopic (exact) mass is 346 g/mol. The third kappa shape index (κ3) is 4.87. The second-order valence-electron chi connectivity index (χ2n) is 7.44. The first-order valence-electron chi connectivity index (χ1n) is 8.53. The highest BCUT2D eigenvalue weighted by Gasteiger charge is 2.41. The molecule has 0 radical (unpaired) electrons. The molecule has 1 saturated heterocycles. The fraction of sp³-hybridized carbons (Fsp3) is 0.611. The van der Waals surface area contributed by atoms with Gasteiger partial charge in [0, 0.05) is 23.9 Å². The molecule has 0 unspecified atom stereocenters. The van der Waals surface area contributed by atoms with Gasteiger partial charge in [0.15, 0.2) is 0 Å². The zero-order chi connectivity index (χ0) is 18.5. The lowest BCUT2D eigenvalue weighted by atomic mass is 9.77. The summed E-state index contributed by atoms with van der Waals surface area (Å²) in [5, 5.41) is 14.9. The molecular weight excluding hydrogens is 320 g/mol. The van der Waals surface area contributed by atoms with Gasteiger partial charge in [0.2, 0.25) is 0 Å². The molecule has 1 amide bonds. The van der Waals surface area contributed by atoms with Crippen LogP contribution in [-0.4, -0.2) is 41.3 Å². The molecule has 0 aliphatic carbocycles. The molecule has 2 rings (SSSR count). The van der Waals surface area contributed by atoms with Gasteiger partial charge >= 0.3 is 6.09 Å². The minimum Gasteiger partial charge on any atom is -0.444 e. The number of rotatable bonds is 4. The molecule has 0 aromatic heterocycles. The minimum atomic E-state index is -1.31. The van der Waals surface area contributed by atoms with E-state index in [9.17, 15) is 9.90 Å². The van der Waals surface area contributed by atoms with E-state index in [0.29, 0.717) is 18.7 Å². The third-order valence-corrected chi connectivity index (χ3v) is 4.40. The van der Waals surface area contributed by atoms with Crippen molar-refractivity contribution in [2.75, 3.05) is 19.6 Å². The van der Waals surface area contributed by atoms with E-state index in [1.807, 2.05) is 51.1 Å². The summed E-state index contributed by atoms with van der Waals surface area (Å²) in [4.78, 5) is 16.8. The molecule has 0 spiro atoms. The molecular formula is C18H26N4O3. The van der Waals surface area contributed by atoms with E-state index in [2.05, 4.69) is 10.0 Å². The normalized spacial score (nSPS) is 20.3. The molecule has 1 heterocycles. The van der Waals surface area contributed by atoms with E-state index in [-0.39, 0.29) is 18.6 Å². The lowest BCUT2D eigenvalue weighted by Gasteiger charge is -2.42. The van der Waals surface area contributed by atoms with Crippen LogP contribution < -0.4 is 0 Å². The predicted octanol–water partition coefficient (Wildman–Crippen LogP) is 3.83. The van der Waals surface area contributed by atoms with Gasteiger partial charge in [-0.1, -0.05) is 35.4 Å². The molecule has 0 bridgehead atoms. The van der Waals surface area contributed by atoms with Crippen LogP contribution in [0.15, 0.2) is 35.4 Å². The van der Waals surface area contributed by atoms with Gasteiger partial charge < -0.3 is 14.7 Å². The number of aliphatic hydroxyl groups is 1. The Balaban J connectivity index is 2.23. The maximum Gasteiger partial charge on any atom is 0.410 e. The number of nitrogens with zero attached hydrogens (tertiary/aromatic N) is 4. The van der Waals surface area contributed by atoms with Crippen molar-refractivity contribution < 1.29 is 14.6 Å². The summed E-state index contributed by atoms with van der Waals surface area (Å²) in [7, 11) is 0. The first-order chi connectivity index (χ1) is 11.8. The van der Waals surface area contributed by atoms with Crippen molar-refractivity contribution in [3.05, 3.63) is 46.3 Å². The Morgan fingerprint density at radius 1 is 1.40 bits per heavy atom. The van der Waals surface area contributed by atoms with Crippen LogP contribution in [0.25, 0.3) is 10.4 Å². The highest BCUT2D eigenvalue weighted by Crippen LogP contribution is 2.36. The number of hydrogen-bond donors (Lipinski definition) is 1. The summed E-state index contributed by atoms with van der Waals surface area (Å²) < 4.78 is 5.45. The molecule has 1 N–H and O–H groups in total. The fourth-order valence-corrected chi connectivity index (χ4v) is 3.18. The molecule has 7 nitrogen and oxygen atoms in total. The second kappa shape index (κ2) is 7.76. The van der Waals surface area contributed by atoms with Gasteiger partial charge in [-0.3, -0.25) is 0 Å². The van der Waals surface area contributed by atoms with Crippen LogP contribution in [0.5, 0.6) is 0 Å². The molecule has 1 aliphatic rings. The average Bonchev–Trinajstić information content (AvgIpc) is 2.59. The number of benzene rings is 1. The van der Waals surface area contributed by atoms with E-state index in [0.717, 1.165) is 12.8 Å². The van der Waals surface area contributed by atoms with Crippen molar-refractivity contribution in [1.29, 1.82) is 0 Å². The van der Waals surface area contributed by atoms with Crippen LogP contribution in [0.4, 0.5) is 4.79 Å². The van der Waals surface area contributed by atoms with E-state index >= 15 is 0 Å². The number of azide groups is 1. The van der Waals surface area contributed by atoms with Gasteiger partial charge in [0.05, 0.1) is 12.1 Å². The van der Waals surface area contributed by atoms with Gasteiger partial charge in [0.1, 0.15) is 5.60 Å². The lowest BCUT2D eigenvalue weighted by Crippen LogP contribution is -2.50. The molecule has 1 aromatic carbocycles. The Bertz CT molecular complexity index is 637. The number of ether oxygens (including phenoxy) is 1. The summed E-state index contributed by atoms with van der Waals surface area (Å²) in [6, 6.07) is 9.18. The molecule has 1 aliphatic heterocycles. The van der Waals surface area contributed by atoms with Crippen LogP contribution in [0, 0.1) is 5.92 Å². The first kappa shape index (κ1) is 19.1. The largest absolute Gasteiger partial charge is 0.444 e. The number of likely N-dealkylation sites (tertiary alicyclic amines) is 1. The summed E-state index contributed by atoms with van der Waals surface area (Å²) in [5.74, 6) is -0.235. The van der Waals surface area contributed by atoms with Crippen molar-refractivity contribution in [2.24, 2.45) is 11.0 Å². The van der Waals surface area contributed by atoms with Gasteiger partial charge in [-0.05, 0) is 44.7 Å². The topological polar surface area (TPSA) is 98.5 Å². The summed E-state index contributed by atoms with van der Waals surface area (Å²) in [5.41, 5.74) is 7.52. The zero-order valence-electron chi connectivity index (χ0n) is 15.1. The van der Waals surface area contributed by atoms with Crippen molar-refractivity contribution in [2.45, 2.75) is 44.8 Å². The van der Waals surface area contributed by atoms with E-state index < -0.39 is 11.2 Å². The SMILES string of the molecule is CC(C)(C)OC(=O)N1CCC[C@@H]([C@@](O)(CN=[N+]=[N-])c2ccccc2)C1. The average molecular weight is 346 g/mol. The van der Waals surface area contributed by atoms with Crippen molar-refractivity contribution in [3.8, 4) is 0 Å². The van der Waals surface area contributed by atoms with Crippen LogP contribution in [0.2, 0.25) is 0 Å². The molecule has 136 valence electrons.